The lowest BCUT2D eigenvalue weighted by Crippen LogP contribution is -2.64. The van der Waals surface area contributed by atoms with Gasteiger partial charge in [0.05, 0.1) is 22.6 Å². The van der Waals surface area contributed by atoms with Crippen LogP contribution in [0.4, 0.5) is 45.5 Å². The van der Waals surface area contributed by atoms with Gasteiger partial charge in [-0.2, -0.15) is 0 Å². The first-order chi connectivity index (χ1) is 38.1. The van der Waals surface area contributed by atoms with Gasteiger partial charge in [0.1, 0.15) is 0 Å². The minimum Gasteiger partial charge on any atom is -0.335 e. The Morgan fingerprint density at radius 3 is 1.60 bits per heavy atom. The number of thiophene rings is 1. The van der Waals surface area contributed by atoms with E-state index < -0.39 is 0 Å². The van der Waals surface area contributed by atoms with Crippen LogP contribution >= 0.6 is 11.3 Å². The molecule has 0 bridgehead atoms. The van der Waals surface area contributed by atoms with Crippen LogP contribution in [0.1, 0.15) is 177 Å². The van der Waals surface area contributed by atoms with Crippen molar-refractivity contribution in [1.29, 1.82) is 0 Å². The van der Waals surface area contributed by atoms with E-state index in [0.29, 0.717) is 0 Å². The second-order valence-electron chi connectivity index (χ2n) is 30.2. The van der Waals surface area contributed by atoms with Gasteiger partial charge < -0.3 is 14.7 Å². The minimum atomic E-state index is -0.171. The lowest BCUT2D eigenvalue weighted by Gasteiger charge is -2.53. The van der Waals surface area contributed by atoms with Gasteiger partial charge >= 0.3 is 0 Å². The smallest absolute Gasteiger partial charge is 0.252 e. The third kappa shape index (κ3) is 8.31. The molecule has 5 heteroatoms. The predicted octanol–water partition coefficient (Wildman–Crippen LogP) is 20.0. The molecule has 9 aromatic rings. The molecule has 1 aromatic heterocycles. The van der Waals surface area contributed by atoms with E-state index in [9.17, 15) is 0 Å². The van der Waals surface area contributed by atoms with Gasteiger partial charge in [-0.15, -0.1) is 11.3 Å². The summed E-state index contributed by atoms with van der Waals surface area (Å²) in [5.74, 6) is 0. The highest BCUT2D eigenvalue weighted by molar-refractivity contribution is 7.26. The molecule has 2 atom stereocenters. The third-order valence-corrected chi connectivity index (χ3v) is 20.9. The van der Waals surface area contributed by atoms with E-state index in [1.165, 1.54) is 123 Å². The molecule has 1 saturated carbocycles. The van der Waals surface area contributed by atoms with E-state index in [-0.39, 0.29) is 44.7 Å². The highest BCUT2D eigenvalue weighted by atomic mass is 32.1. The molecule has 0 amide bonds. The number of benzene rings is 8. The van der Waals surface area contributed by atoms with Crippen molar-refractivity contribution in [2.24, 2.45) is 0 Å². The predicted molar refractivity (Wildman–Crippen MR) is 355 cm³/mol. The zero-order valence-electron chi connectivity index (χ0n) is 51.6. The Balaban J connectivity index is 1.23. The van der Waals surface area contributed by atoms with Crippen LogP contribution < -0.4 is 31.1 Å². The lowest BCUT2D eigenvalue weighted by molar-refractivity contribution is 0.195. The second-order valence-corrected chi connectivity index (χ2v) is 31.3. The van der Waals surface area contributed by atoms with Crippen LogP contribution in [0.25, 0.3) is 31.3 Å². The number of hydrogen-bond donors (Lipinski definition) is 0. The molecule has 2 unspecified atom stereocenters. The van der Waals surface area contributed by atoms with Crippen LogP contribution in [0.2, 0.25) is 0 Å². The molecule has 0 saturated heterocycles. The van der Waals surface area contributed by atoms with Gasteiger partial charge in [-0.05, 0) is 169 Å². The first kappa shape index (κ1) is 53.7. The van der Waals surface area contributed by atoms with Crippen molar-refractivity contribution < 1.29 is 0 Å². The van der Waals surface area contributed by atoms with Crippen molar-refractivity contribution in [2.45, 2.75) is 181 Å². The van der Waals surface area contributed by atoms with Gasteiger partial charge in [0.15, 0.2) is 0 Å². The first-order valence-electron chi connectivity index (χ1n) is 30.2. The van der Waals surface area contributed by atoms with Gasteiger partial charge in [-0.1, -0.05) is 209 Å². The molecule has 0 N–H and O–H groups in total. The largest absolute Gasteiger partial charge is 0.335 e. The molecule has 8 aromatic carbocycles. The molecule has 0 radical (unpaired) electrons. The van der Waals surface area contributed by atoms with Crippen LogP contribution in [0.3, 0.4) is 0 Å². The van der Waals surface area contributed by atoms with Crippen molar-refractivity contribution in [3.63, 3.8) is 0 Å². The molecular formula is C76H84BN3S. The number of nitrogens with zero attached hydrogens (tertiary/aromatic N) is 3. The summed E-state index contributed by atoms with van der Waals surface area (Å²) in [5, 5.41) is 2.69. The molecule has 4 aliphatic rings. The Hall–Kier alpha value is -6.56. The van der Waals surface area contributed by atoms with Crippen LogP contribution in [0.15, 0.2) is 152 Å². The van der Waals surface area contributed by atoms with E-state index in [4.69, 9.17) is 0 Å². The molecule has 412 valence electrons. The number of fused-ring (bicyclic) bond motifs is 11. The molecule has 1 aliphatic carbocycles. The normalized spacial score (nSPS) is 18.8. The fourth-order valence-electron chi connectivity index (χ4n) is 14.7. The van der Waals surface area contributed by atoms with Crippen molar-refractivity contribution in [3.8, 4) is 11.1 Å². The van der Waals surface area contributed by atoms with E-state index in [1.54, 1.807) is 5.56 Å². The molecule has 81 heavy (non-hydrogen) atoms. The maximum Gasteiger partial charge on any atom is 0.252 e. The second kappa shape index (κ2) is 18.0. The van der Waals surface area contributed by atoms with E-state index >= 15 is 0 Å². The van der Waals surface area contributed by atoms with Crippen molar-refractivity contribution >= 4 is 100 Å². The molecule has 13 rings (SSSR count). The summed E-state index contributed by atoms with van der Waals surface area (Å²) < 4.78 is 2.65. The van der Waals surface area contributed by atoms with Gasteiger partial charge in [0, 0.05) is 59.6 Å². The van der Waals surface area contributed by atoms with Gasteiger partial charge in [0.25, 0.3) is 6.71 Å². The zero-order valence-corrected chi connectivity index (χ0v) is 52.4. The highest BCUT2D eigenvalue weighted by Gasteiger charge is 2.62. The number of rotatable bonds is 5. The Morgan fingerprint density at radius 1 is 0.457 bits per heavy atom. The fraction of sp³-hybridized carbons (Fsp3) is 0.368. The standard InChI is InChI=1S/C76H84BN3S/c1-70(2,3)48-25-31-53(32-26-48)78(54-33-27-49(28-34-54)71(4,5)6)55-45-62-67-63(46-55)80-68-58(75(16)39-21-22-40-76(75,80)17)43-52(74(13,14)15)44-60(68)77(67)59-35-38-65-66(57-42-51(73(10,11)12)30-37-64(57)81-65)69(59)79(62)61-36-29-50(72(7,8)9)41-56(61)47-23-19-18-20-24-47/h18-20,23-38,41-46H,21-22,39-40H2,1-17H3. The van der Waals surface area contributed by atoms with E-state index in [1.807, 2.05) is 11.3 Å². The molecule has 3 aliphatic heterocycles. The maximum atomic E-state index is 2.93. The Morgan fingerprint density at radius 2 is 1.00 bits per heavy atom. The van der Waals surface area contributed by atoms with Crippen LogP contribution in [-0.4, -0.2) is 12.3 Å². The summed E-state index contributed by atoms with van der Waals surface area (Å²) in [5.41, 5.74) is 24.7. The molecule has 4 heterocycles. The summed E-state index contributed by atoms with van der Waals surface area (Å²) in [6.45, 7) is 40.6. The van der Waals surface area contributed by atoms with Crippen molar-refractivity contribution in [1.82, 2.24) is 0 Å². The fourth-order valence-corrected chi connectivity index (χ4v) is 15.8. The Bertz CT molecular complexity index is 3940. The van der Waals surface area contributed by atoms with E-state index in [2.05, 4.69) is 284 Å². The average Bonchev–Trinajstić information content (AvgIpc) is 1.79. The molecule has 0 spiro atoms. The van der Waals surface area contributed by atoms with Crippen LogP contribution in [0, 0.1) is 0 Å². The number of anilines is 8. The summed E-state index contributed by atoms with van der Waals surface area (Å²) in [7, 11) is 0. The topological polar surface area (TPSA) is 9.72 Å². The summed E-state index contributed by atoms with van der Waals surface area (Å²) >= 11 is 1.95. The first-order valence-corrected chi connectivity index (χ1v) is 31.1. The van der Waals surface area contributed by atoms with Crippen LogP contribution in [0.5, 0.6) is 0 Å². The van der Waals surface area contributed by atoms with Crippen LogP contribution in [-0.2, 0) is 32.5 Å². The van der Waals surface area contributed by atoms with Gasteiger partial charge in [0.2, 0.25) is 0 Å². The number of hydrogen-bond acceptors (Lipinski definition) is 4. The SMILES string of the molecule is CC(C)(C)c1ccc(N(c2ccc(C(C)(C)C)cc2)c2cc3c4c(c2)N2c5c(cc(C(C)(C)C)cc5C5(C)CCCCC25C)B4c2ccc4sc5ccc(C(C)(C)C)cc5c4c2N3c2ccc(C(C)(C)C)cc2-c2ccccc2)cc1. The molecule has 3 nitrogen and oxygen atoms in total. The van der Waals surface area contributed by atoms with Gasteiger partial charge in [-0.3, -0.25) is 0 Å². The molecular weight excluding hydrogens is 998 g/mol. The van der Waals surface area contributed by atoms with Crippen molar-refractivity contribution in [3.05, 3.63) is 185 Å². The quantitative estimate of drug-likeness (QED) is 0.159. The highest BCUT2D eigenvalue weighted by Crippen LogP contribution is 2.63. The van der Waals surface area contributed by atoms with Gasteiger partial charge in [-0.25, -0.2) is 0 Å². The summed E-state index contributed by atoms with van der Waals surface area (Å²) in [4.78, 5) is 8.29. The minimum absolute atomic E-state index is 0.0101. The lowest BCUT2D eigenvalue weighted by atomic mass is 9.33. The van der Waals surface area contributed by atoms with E-state index in [0.717, 1.165) is 23.5 Å². The Kier molecular flexibility index (Phi) is 11.9. The summed E-state index contributed by atoms with van der Waals surface area (Å²) in [6, 6.07) is 60.6. The Labute approximate surface area is 489 Å². The zero-order chi connectivity index (χ0) is 57.3. The third-order valence-electron chi connectivity index (χ3n) is 19.8. The van der Waals surface area contributed by atoms with Crippen molar-refractivity contribution in [2.75, 3.05) is 14.7 Å². The summed E-state index contributed by atoms with van der Waals surface area (Å²) in [6.07, 6.45) is 4.75. The maximum absolute atomic E-state index is 2.93. The monoisotopic (exact) mass is 1080 g/mol. The average molecular weight is 1080 g/mol. The molecule has 1 fully saturated rings.